The molecule has 0 saturated heterocycles. The minimum Gasteiger partial charge on any atom is -0.299 e. The SMILES string of the molecule is CC12CCC3C(CCC4CCCCC43C)C1CCCCC2=O. The summed E-state index contributed by atoms with van der Waals surface area (Å²) in [5, 5.41) is 0. The maximum Gasteiger partial charge on any atom is 0.139 e. The summed E-state index contributed by atoms with van der Waals surface area (Å²) in [5.74, 6) is 4.11. The molecule has 0 aromatic heterocycles. The van der Waals surface area contributed by atoms with Crippen molar-refractivity contribution in [1.29, 1.82) is 0 Å². The number of hydrogen-bond acceptors (Lipinski definition) is 1. The van der Waals surface area contributed by atoms with E-state index >= 15 is 0 Å². The van der Waals surface area contributed by atoms with Crippen LogP contribution in [0, 0.1) is 34.5 Å². The molecule has 6 unspecified atom stereocenters. The third-order valence-electron chi connectivity index (χ3n) is 8.78. The van der Waals surface area contributed by atoms with Crippen LogP contribution in [0.25, 0.3) is 0 Å². The summed E-state index contributed by atoms with van der Waals surface area (Å²) in [6.07, 6.45) is 16.0. The second kappa shape index (κ2) is 5.35. The van der Waals surface area contributed by atoms with Crippen LogP contribution >= 0.6 is 0 Å². The highest BCUT2D eigenvalue weighted by atomic mass is 16.1. The number of carbonyl (C=O) groups excluding carboxylic acids is 1. The maximum absolute atomic E-state index is 12.8. The molecule has 0 heterocycles. The molecule has 1 nitrogen and oxygen atoms in total. The zero-order chi connectivity index (χ0) is 15.4. The van der Waals surface area contributed by atoms with E-state index in [1.54, 1.807) is 0 Å². The van der Waals surface area contributed by atoms with Crippen LogP contribution in [0.1, 0.15) is 90.9 Å². The maximum atomic E-state index is 12.8. The van der Waals surface area contributed by atoms with Gasteiger partial charge < -0.3 is 0 Å². The third-order valence-corrected chi connectivity index (χ3v) is 8.78. The van der Waals surface area contributed by atoms with E-state index in [1.807, 2.05) is 0 Å². The Morgan fingerprint density at radius 1 is 0.818 bits per heavy atom. The van der Waals surface area contributed by atoms with Crippen LogP contribution in [-0.2, 0) is 4.79 Å². The first-order valence-electron chi connectivity index (χ1n) is 10.1. The van der Waals surface area contributed by atoms with Gasteiger partial charge in [-0.1, -0.05) is 33.1 Å². The molecule has 4 fully saturated rings. The Morgan fingerprint density at radius 2 is 1.64 bits per heavy atom. The predicted octanol–water partition coefficient (Wildman–Crippen LogP) is 5.77. The summed E-state index contributed by atoms with van der Waals surface area (Å²) in [7, 11) is 0. The lowest BCUT2D eigenvalue weighted by atomic mass is 9.44. The molecule has 0 aromatic carbocycles. The molecule has 4 saturated carbocycles. The summed E-state index contributed by atoms with van der Waals surface area (Å²) in [4.78, 5) is 12.8. The van der Waals surface area contributed by atoms with E-state index in [1.165, 1.54) is 64.2 Å². The first-order valence-corrected chi connectivity index (χ1v) is 10.1. The van der Waals surface area contributed by atoms with Gasteiger partial charge in [0.1, 0.15) is 5.78 Å². The van der Waals surface area contributed by atoms with Crippen LogP contribution in [0.3, 0.4) is 0 Å². The highest BCUT2D eigenvalue weighted by Gasteiger charge is 2.57. The van der Waals surface area contributed by atoms with Crippen molar-refractivity contribution in [2.45, 2.75) is 90.9 Å². The molecule has 6 atom stereocenters. The predicted molar refractivity (Wildman–Crippen MR) is 90.6 cm³/mol. The van der Waals surface area contributed by atoms with E-state index in [-0.39, 0.29) is 5.41 Å². The van der Waals surface area contributed by atoms with Gasteiger partial charge in [-0.15, -0.1) is 0 Å². The van der Waals surface area contributed by atoms with Crippen molar-refractivity contribution in [2.24, 2.45) is 34.5 Å². The van der Waals surface area contributed by atoms with Crippen molar-refractivity contribution < 1.29 is 4.79 Å². The van der Waals surface area contributed by atoms with Gasteiger partial charge in [-0.2, -0.15) is 0 Å². The number of Topliss-reactive ketones (excluding diaryl/α,β-unsaturated/α-hetero) is 1. The molecule has 0 aromatic rings. The molecular formula is C21H34O. The Morgan fingerprint density at radius 3 is 2.50 bits per heavy atom. The Kier molecular flexibility index (Phi) is 3.70. The van der Waals surface area contributed by atoms with E-state index in [0.717, 1.165) is 30.6 Å². The monoisotopic (exact) mass is 302 g/mol. The lowest BCUT2D eigenvalue weighted by molar-refractivity contribution is -0.147. The molecule has 4 aliphatic rings. The van der Waals surface area contributed by atoms with Gasteiger partial charge >= 0.3 is 0 Å². The van der Waals surface area contributed by atoms with Gasteiger partial charge in [-0.25, -0.2) is 0 Å². The van der Waals surface area contributed by atoms with E-state index in [0.29, 0.717) is 17.1 Å². The largest absolute Gasteiger partial charge is 0.299 e. The number of fused-ring (bicyclic) bond motifs is 5. The second-order valence-electron chi connectivity index (χ2n) is 9.53. The molecule has 0 radical (unpaired) electrons. The molecule has 4 aliphatic carbocycles. The first kappa shape index (κ1) is 15.2. The van der Waals surface area contributed by atoms with E-state index in [9.17, 15) is 4.79 Å². The standard InChI is InChI=1S/C21H34O/c1-20-13-6-5-7-15(20)10-11-16-17-8-3-4-9-19(22)21(17,2)14-12-18(16)20/h15-18H,3-14H2,1-2H3. The average Bonchev–Trinajstić information content (AvgIpc) is 2.66. The van der Waals surface area contributed by atoms with E-state index < -0.39 is 0 Å². The summed E-state index contributed by atoms with van der Waals surface area (Å²) in [6, 6.07) is 0. The molecule has 22 heavy (non-hydrogen) atoms. The van der Waals surface area contributed by atoms with Crippen LogP contribution in [0.5, 0.6) is 0 Å². The van der Waals surface area contributed by atoms with Crippen LogP contribution in [0.15, 0.2) is 0 Å². The Labute approximate surface area is 136 Å². The number of hydrogen-bond donors (Lipinski definition) is 0. The quantitative estimate of drug-likeness (QED) is 0.555. The van der Waals surface area contributed by atoms with Crippen LogP contribution in [0.4, 0.5) is 0 Å². The summed E-state index contributed by atoms with van der Waals surface area (Å²) in [5.41, 5.74) is 0.646. The van der Waals surface area contributed by atoms with Gasteiger partial charge in [0.05, 0.1) is 0 Å². The Bertz CT molecular complexity index is 455. The fourth-order valence-corrected chi connectivity index (χ4v) is 7.43. The normalized spacial score (nSPS) is 52.2. The molecule has 0 bridgehead atoms. The molecular weight excluding hydrogens is 268 g/mol. The van der Waals surface area contributed by atoms with Gasteiger partial charge in [0.2, 0.25) is 0 Å². The van der Waals surface area contributed by atoms with E-state index in [4.69, 9.17) is 0 Å². The van der Waals surface area contributed by atoms with Crippen LogP contribution < -0.4 is 0 Å². The lowest BCUT2D eigenvalue weighted by Gasteiger charge is -2.60. The second-order valence-corrected chi connectivity index (χ2v) is 9.53. The smallest absolute Gasteiger partial charge is 0.139 e. The Balaban J connectivity index is 1.66. The van der Waals surface area contributed by atoms with Crippen LogP contribution in [-0.4, -0.2) is 5.78 Å². The molecule has 0 N–H and O–H groups in total. The van der Waals surface area contributed by atoms with Gasteiger partial charge in [0, 0.05) is 11.8 Å². The summed E-state index contributed by atoms with van der Waals surface area (Å²) >= 11 is 0. The number of ketones is 1. The van der Waals surface area contributed by atoms with Gasteiger partial charge in [-0.3, -0.25) is 4.79 Å². The van der Waals surface area contributed by atoms with Crippen LogP contribution in [0.2, 0.25) is 0 Å². The van der Waals surface area contributed by atoms with Crippen molar-refractivity contribution in [2.75, 3.05) is 0 Å². The number of carbonyl (C=O) groups is 1. The molecule has 0 spiro atoms. The van der Waals surface area contributed by atoms with Crippen molar-refractivity contribution >= 4 is 5.78 Å². The van der Waals surface area contributed by atoms with E-state index in [2.05, 4.69) is 13.8 Å². The molecule has 1 heteroatoms. The minimum absolute atomic E-state index is 0.0372. The Hall–Kier alpha value is -0.330. The third kappa shape index (κ3) is 2.06. The molecule has 124 valence electrons. The topological polar surface area (TPSA) is 17.1 Å². The average molecular weight is 303 g/mol. The number of rotatable bonds is 0. The fraction of sp³-hybridized carbons (Fsp3) is 0.952. The first-order chi connectivity index (χ1) is 10.6. The highest BCUT2D eigenvalue weighted by molar-refractivity contribution is 5.85. The summed E-state index contributed by atoms with van der Waals surface area (Å²) < 4.78 is 0. The van der Waals surface area contributed by atoms with Crippen molar-refractivity contribution in [3.8, 4) is 0 Å². The zero-order valence-electron chi connectivity index (χ0n) is 14.7. The minimum atomic E-state index is 0.0372. The molecule has 4 rings (SSSR count). The summed E-state index contributed by atoms with van der Waals surface area (Å²) in [6.45, 7) is 4.98. The van der Waals surface area contributed by atoms with Gasteiger partial charge in [0.25, 0.3) is 0 Å². The fourth-order valence-electron chi connectivity index (χ4n) is 7.43. The molecule has 0 amide bonds. The van der Waals surface area contributed by atoms with Crippen molar-refractivity contribution in [3.63, 3.8) is 0 Å². The lowest BCUT2D eigenvalue weighted by Crippen LogP contribution is -2.54. The van der Waals surface area contributed by atoms with Gasteiger partial charge in [0.15, 0.2) is 0 Å². The van der Waals surface area contributed by atoms with Crippen molar-refractivity contribution in [1.82, 2.24) is 0 Å². The molecule has 0 aliphatic heterocycles. The van der Waals surface area contributed by atoms with Crippen molar-refractivity contribution in [3.05, 3.63) is 0 Å². The zero-order valence-corrected chi connectivity index (χ0v) is 14.7. The highest BCUT2D eigenvalue weighted by Crippen LogP contribution is 2.64. The van der Waals surface area contributed by atoms with Gasteiger partial charge in [-0.05, 0) is 80.5 Å².